The normalized spacial score (nSPS) is 15.3. The highest BCUT2D eigenvalue weighted by molar-refractivity contribution is 6.09. The molecule has 148 valence electrons. The third-order valence-electron chi connectivity index (χ3n) is 5.10. The van der Waals surface area contributed by atoms with Gasteiger partial charge in [-0.1, -0.05) is 6.08 Å². The Labute approximate surface area is 168 Å². The van der Waals surface area contributed by atoms with Crippen molar-refractivity contribution in [1.82, 2.24) is 0 Å². The molecule has 1 N–H and O–H groups in total. The Hall–Kier alpha value is -3.46. The molecule has 29 heavy (non-hydrogen) atoms. The zero-order valence-corrected chi connectivity index (χ0v) is 16.7. The maximum Gasteiger partial charge on any atom is 0.266 e. The van der Waals surface area contributed by atoms with Crippen molar-refractivity contribution in [2.24, 2.45) is 0 Å². The monoisotopic (exact) mass is 393 g/mol. The lowest BCUT2D eigenvalue weighted by molar-refractivity contribution is -0.112. The molecule has 0 bridgehead atoms. The van der Waals surface area contributed by atoms with E-state index in [4.69, 9.17) is 0 Å². The van der Waals surface area contributed by atoms with E-state index < -0.39 is 17.5 Å². The first-order valence-electron chi connectivity index (χ1n) is 9.08. The summed E-state index contributed by atoms with van der Waals surface area (Å²) in [4.78, 5) is 14.4. The molecule has 2 aromatic carbocycles. The van der Waals surface area contributed by atoms with Gasteiger partial charge in [-0.05, 0) is 68.8 Å². The van der Waals surface area contributed by atoms with E-state index >= 15 is 0 Å². The van der Waals surface area contributed by atoms with Crippen LogP contribution >= 0.6 is 0 Å². The minimum atomic E-state index is -0.693. The van der Waals surface area contributed by atoms with Gasteiger partial charge in [0, 0.05) is 29.5 Å². The van der Waals surface area contributed by atoms with Crippen LogP contribution in [0.2, 0.25) is 0 Å². The number of carbonyl (C=O) groups is 1. The number of amides is 1. The lowest BCUT2D eigenvalue weighted by Gasteiger charge is -2.40. The smallest absolute Gasteiger partial charge is 0.266 e. The van der Waals surface area contributed by atoms with Crippen LogP contribution in [0.5, 0.6) is 0 Å². The van der Waals surface area contributed by atoms with Crippen LogP contribution in [0.25, 0.3) is 11.6 Å². The van der Waals surface area contributed by atoms with Crippen molar-refractivity contribution in [3.63, 3.8) is 0 Å². The third kappa shape index (κ3) is 4.04. The second-order valence-corrected chi connectivity index (χ2v) is 7.56. The highest BCUT2D eigenvalue weighted by Gasteiger charge is 2.29. The molecule has 1 aliphatic rings. The summed E-state index contributed by atoms with van der Waals surface area (Å²) in [6.07, 6.45) is 3.31. The lowest BCUT2D eigenvalue weighted by Crippen LogP contribution is -2.42. The molecule has 0 saturated heterocycles. The highest BCUT2D eigenvalue weighted by Crippen LogP contribution is 2.39. The Morgan fingerprint density at radius 1 is 1.21 bits per heavy atom. The van der Waals surface area contributed by atoms with Gasteiger partial charge in [-0.2, -0.15) is 5.26 Å². The van der Waals surface area contributed by atoms with Gasteiger partial charge in [0.2, 0.25) is 0 Å². The first kappa shape index (κ1) is 20.3. The van der Waals surface area contributed by atoms with Crippen molar-refractivity contribution in [1.29, 1.82) is 5.26 Å². The van der Waals surface area contributed by atoms with Crippen LogP contribution in [0.4, 0.5) is 20.2 Å². The maximum atomic E-state index is 14.8. The summed E-state index contributed by atoms with van der Waals surface area (Å²) in [6, 6.07) is 10.0. The topological polar surface area (TPSA) is 56.1 Å². The molecule has 0 saturated carbocycles. The Balaban J connectivity index is 1.96. The quantitative estimate of drug-likeness (QED) is 0.580. The van der Waals surface area contributed by atoms with Gasteiger partial charge in [0.1, 0.15) is 23.3 Å². The SMILES string of the molecule is CC1=CC(C)(C)N(C)c2cc(F)c(/C=C(\C#N)C(=O)Nc3ccc(F)cc3)cc21. The summed E-state index contributed by atoms with van der Waals surface area (Å²) in [7, 11) is 1.90. The molecule has 0 spiro atoms. The molecule has 0 atom stereocenters. The van der Waals surface area contributed by atoms with E-state index in [0.717, 1.165) is 16.8 Å². The van der Waals surface area contributed by atoms with Crippen molar-refractivity contribution < 1.29 is 13.6 Å². The summed E-state index contributed by atoms with van der Waals surface area (Å²) in [5, 5.41) is 11.9. The average Bonchev–Trinajstić information content (AvgIpc) is 2.66. The van der Waals surface area contributed by atoms with Crippen LogP contribution in [-0.4, -0.2) is 18.5 Å². The number of allylic oxidation sites excluding steroid dienone is 1. The number of rotatable bonds is 3. The summed E-state index contributed by atoms with van der Waals surface area (Å²) >= 11 is 0. The molecule has 0 unspecified atom stereocenters. The number of fused-ring (bicyclic) bond motifs is 1. The molecule has 0 fully saturated rings. The molecule has 4 nitrogen and oxygen atoms in total. The number of benzene rings is 2. The molecular formula is C23H21F2N3O. The fraction of sp³-hybridized carbons (Fsp3) is 0.217. The number of nitriles is 1. The first-order valence-corrected chi connectivity index (χ1v) is 9.08. The second kappa shape index (κ2) is 7.51. The Bertz CT molecular complexity index is 1080. The van der Waals surface area contributed by atoms with Gasteiger partial charge in [-0.25, -0.2) is 8.78 Å². The minimum absolute atomic E-state index is 0.149. The summed E-state index contributed by atoms with van der Waals surface area (Å²) in [5.41, 5.74) is 2.57. The predicted octanol–water partition coefficient (Wildman–Crippen LogP) is 5.14. The molecule has 1 aliphatic heterocycles. The van der Waals surface area contributed by atoms with Gasteiger partial charge >= 0.3 is 0 Å². The minimum Gasteiger partial charge on any atom is -0.365 e. The van der Waals surface area contributed by atoms with Crippen LogP contribution < -0.4 is 10.2 Å². The third-order valence-corrected chi connectivity index (χ3v) is 5.10. The average molecular weight is 393 g/mol. The van der Waals surface area contributed by atoms with E-state index in [2.05, 4.69) is 11.4 Å². The van der Waals surface area contributed by atoms with E-state index in [1.54, 1.807) is 12.1 Å². The molecule has 1 amide bonds. The number of hydrogen-bond acceptors (Lipinski definition) is 3. The standard InChI is InChI=1S/C23H21F2N3O/c1-14-12-23(2,3)28(4)21-11-20(25)15(10-19(14)21)9-16(13-26)22(29)27-18-7-5-17(24)6-8-18/h5-12H,1-4H3,(H,27,29)/b16-9+. The van der Waals surface area contributed by atoms with Crippen molar-refractivity contribution in [3.05, 3.63) is 70.8 Å². The summed E-state index contributed by atoms with van der Waals surface area (Å²) < 4.78 is 27.8. The number of anilines is 2. The first-order chi connectivity index (χ1) is 13.6. The molecule has 6 heteroatoms. The van der Waals surface area contributed by atoms with E-state index in [-0.39, 0.29) is 16.7 Å². The van der Waals surface area contributed by atoms with Gasteiger partial charge in [0.05, 0.1) is 5.54 Å². The van der Waals surface area contributed by atoms with Gasteiger partial charge in [-0.3, -0.25) is 4.79 Å². The Kier molecular flexibility index (Phi) is 5.25. The van der Waals surface area contributed by atoms with E-state index in [0.29, 0.717) is 5.69 Å². The van der Waals surface area contributed by atoms with Gasteiger partial charge in [-0.15, -0.1) is 0 Å². The van der Waals surface area contributed by atoms with Crippen molar-refractivity contribution in [2.45, 2.75) is 26.3 Å². The maximum absolute atomic E-state index is 14.8. The Morgan fingerprint density at radius 3 is 2.48 bits per heavy atom. The molecule has 0 radical (unpaired) electrons. The zero-order chi connectivity index (χ0) is 21.3. The fourth-order valence-electron chi connectivity index (χ4n) is 3.33. The zero-order valence-electron chi connectivity index (χ0n) is 16.7. The molecule has 1 heterocycles. The fourth-order valence-corrected chi connectivity index (χ4v) is 3.33. The second-order valence-electron chi connectivity index (χ2n) is 7.56. The molecule has 3 rings (SSSR count). The molecule has 0 aromatic heterocycles. The molecule has 2 aromatic rings. The van der Waals surface area contributed by atoms with E-state index in [1.165, 1.54) is 36.4 Å². The largest absolute Gasteiger partial charge is 0.365 e. The van der Waals surface area contributed by atoms with Crippen LogP contribution in [-0.2, 0) is 4.79 Å². The number of nitrogens with zero attached hydrogens (tertiary/aromatic N) is 2. The molecular weight excluding hydrogens is 372 g/mol. The summed E-state index contributed by atoms with van der Waals surface area (Å²) in [5.74, 6) is -1.66. The van der Waals surface area contributed by atoms with E-state index in [1.807, 2.05) is 32.7 Å². The number of halogens is 2. The van der Waals surface area contributed by atoms with Crippen LogP contribution in [0.1, 0.15) is 31.9 Å². The van der Waals surface area contributed by atoms with Crippen molar-refractivity contribution in [2.75, 3.05) is 17.3 Å². The van der Waals surface area contributed by atoms with Crippen molar-refractivity contribution in [3.8, 4) is 6.07 Å². The van der Waals surface area contributed by atoms with Gasteiger partial charge < -0.3 is 10.2 Å². The van der Waals surface area contributed by atoms with Crippen LogP contribution in [0.15, 0.2) is 48.0 Å². The lowest BCUT2D eigenvalue weighted by atomic mass is 9.88. The number of likely N-dealkylation sites (N-methyl/N-ethyl adjacent to an activating group) is 1. The van der Waals surface area contributed by atoms with Gasteiger partial charge in [0.15, 0.2) is 0 Å². The Morgan fingerprint density at radius 2 is 1.86 bits per heavy atom. The van der Waals surface area contributed by atoms with E-state index in [9.17, 15) is 18.8 Å². The van der Waals surface area contributed by atoms with Crippen LogP contribution in [0, 0.1) is 23.0 Å². The highest BCUT2D eigenvalue weighted by atomic mass is 19.1. The van der Waals surface area contributed by atoms with Crippen molar-refractivity contribution >= 4 is 28.9 Å². The number of nitrogens with one attached hydrogen (secondary N) is 1. The number of carbonyl (C=O) groups excluding carboxylic acids is 1. The van der Waals surface area contributed by atoms with Gasteiger partial charge in [0.25, 0.3) is 5.91 Å². The summed E-state index contributed by atoms with van der Waals surface area (Å²) in [6.45, 7) is 6.03. The number of hydrogen-bond donors (Lipinski definition) is 1. The molecule has 0 aliphatic carbocycles. The van der Waals surface area contributed by atoms with Crippen LogP contribution in [0.3, 0.4) is 0 Å². The predicted molar refractivity (Wildman–Crippen MR) is 111 cm³/mol.